The van der Waals surface area contributed by atoms with Crippen molar-refractivity contribution in [3.05, 3.63) is 35.4 Å². The summed E-state index contributed by atoms with van der Waals surface area (Å²) in [6.45, 7) is 8.23. The lowest BCUT2D eigenvalue weighted by Crippen LogP contribution is -2.49. The molecule has 1 fully saturated rings. The van der Waals surface area contributed by atoms with E-state index in [1.54, 1.807) is 24.1 Å². The van der Waals surface area contributed by atoms with E-state index in [2.05, 4.69) is 41.7 Å². The number of nitrogens with one attached hydrogen (secondary N) is 3. The number of benzene rings is 1. The maximum Gasteiger partial charge on any atom is 0.254 e. The molecule has 1 aromatic carbocycles. The molecule has 1 aromatic rings. The maximum atomic E-state index is 12.5. The molecule has 1 aliphatic rings. The number of carbonyl (C=O) groups is 2. The molecular weight excluding hydrogens is 330 g/mol. The standard InChI is InChI=1S/C19H29N5O2/c1-13(2)14(3)23-19(20-4)22-11-15-5-7-16(8-6-15)18(26)24-10-9-21-17(25)12-24/h5-8,13-14H,9-12H2,1-4H3,(H,21,25)(H2,20,22,23). The topological polar surface area (TPSA) is 85.8 Å². The van der Waals surface area contributed by atoms with Crippen molar-refractivity contribution >= 4 is 17.8 Å². The summed E-state index contributed by atoms with van der Waals surface area (Å²) in [6.07, 6.45) is 0. The summed E-state index contributed by atoms with van der Waals surface area (Å²) < 4.78 is 0. The van der Waals surface area contributed by atoms with E-state index in [-0.39, 0.29) is 18.4 Å². The van der Waals surface area contributed by atoms with Gasteiger partial charge >= 0.3 is 0 Å². The fourth-order valence-electron chi connectivity index (χ4n) is 2.52. The van der Waals surface area contributed by atoms with E-state index in [1.165, 1.54) is 0 Å². The summed E-state index contributed by atoms with van der Waals surface area (Å²) in [5, 5.41) is 9.36. The molecule has 1 saturated heterocycles. The van der Waals surface area contributed by atoms with Crippen LogP contribution in [0.5, 0.6) is 0 Å². The van der Waals surface area contributed by atoms with E-state index in [4.69, 9.17) is 0 Å². The van der Waals surface area contributed by atoms with Gasteiger partial charge < -0.3 is 20.9 Å². The van der Waals surface area contributed by atoms with E-state index in [0.29, 0.717) is 37.2 Å². The smallest absolute Gasteiger partial charge is 0.254 e. The highest BCUT2D eigenvalue weighted by atomic mass is 16.2. The highest BCUT2D eigenvalue weighted by molar-refractivity contribution is 5.97. The SMILES string of the molecule is CN=C(NCc1ccc(C(=O)N2CCNC(=O)C2)cc1)NC(C)C(C)C. The average Bonchev–Trinajstić information content (AvgIpc) is 2.64. The molecule has 1 unspecified atom stereocenters. The predicted molar refractivity (Wildman–Crippen MR) is 103 cm³/mol. The Balaban J connectivity index is 1.90. The minimum absolute atomic E-state index is 0.109. The second-order valence-electron chi connectivity index (χ2n) is 6.88. The molecule has 0 bridgehead atoms. The largest absolute Gasteiger partial charge is 0.354 e. The molecule has 0 saturated carbocycles. The quantitative estimate of drug-likeness (QED) is 0.540. The zero-order chi connectivity index (χ0) is 19.1. The van der Waals surface area contributed by atoms with Crippen LogP contribution in [0.1, 0.15) is 36.7 Å². The number of aliphatic imine (C=N–C) groups is 1. The second kappa shape index (κ2) is 9.22. The van der Waals surface area contributed by atoms with Crippen LogP contribution < -0.4 is 16.0 Å². The lowest BCUT2D eigenvalue weighted by molar-refractivity contribution is -0.123. The van der Waals surface area contributed by atoms with Gasteiger partial charge in [0, 0.05) is 38.3 Å². The summed E-state index contributed by atoms with van der Waals surface area (Å²) in [5.41, 5.74) is 1.65. The summed E-state index contributed by atoms with van der Waals surface area (Å²) in [6, 6.07) is 7.77. The highest BCUT2D eigenvalue weighted by Gasteiger charge is 2.22. The summed E-state index contributed by atoms with van der Waals surface area (Å²) in [4.78, 5) is 29.7. The van der Waals surface area contributed by atoms with Crippen LogP contribution in [0, 0.1) is 5.92 Å². The van der Waals surface area contributed by atoms with Gasteiger partial charge in [-0.05, 0) is 30.5 Å². The fraction of sp³-hybridized carbons (Fsp3) is 0.526. The summed E-state index contributed by atoms with van der Waals surface area (Å²) in [7, 11) is 1.75. The van der Waals surface area contributed by atoms with Crippen LogP contribution in [0.3, 0.4) is 0 Å². The third-order valence-corrected chi connectivity index (χ3v) is 4.57. The van der Waals surface area contributed by atoms with Crippen LogP contribution in [0.15, 0.2) is 29.3 Å². The van der Waals surface area contributed by atoms with Gasteiger partial charge in [0.1, 0.15) is 0 Å². The Hall–Kier alpha value is -2.57. The summed E-state index contributed by atoms with van der Waals surface area (Å²) in [5.74, 6) is 1.05. The normalized spacial score (nSPS) is 16.3. The van der Waals surface area contributed by atoms with Crippen molar-refractivity contribution in [2.24, 2.45) is 10.9 Å². The molecule has 26 heavy (non-hydrogen) atoms. The lowest BCUT2D eigenvalue weighted by Gasteiger charge is -2.26. The molecule has 1 heterocycles. The first-order valence-electron chi connectivity index (χ1n) is 9.02. The van der Waals surface area contributed by atoms with Crippen molar-refractivity contribution in [2.45, 2.75) is 33.4 Å². The molecule has 7 nitrogen and oxygen atoms in total. The third kappa shape index (κ3) is 5.47. The molecule has 2 rings (SSSR count). The van der Waals surface area contributed by atoms with Crippen LogP contribution in [0.25, 0.3) is 0 Å². The molecule has 0 aromatic heterocycles. The molecular formula is C19H29N5O2. The average molecular weight is 359 g/mol. The van der Waals surface area contributed by atoms with Crippen molar-refractivity contribution in [2.75, 3.05) is 26.7 Å². The van der Waals surface area contributed by atoms with Crippen molar-refractivity contribution < 1.29 is 9.59 Å². The van der Waals surface area contributed by atoms with Gasteiger partial charge in [-0.3, -0.25) is 14.6 Å². The first-order valence-corrected chi connectivity index (χ1v) is 9.02. The van der Waals surface area contributed by atoms with Crippen LogP contribution in [-0.4, -0.2) is 55.4 Å². The maximum absolute atomic E-state index is 12.5. The highest BCUT2D eigenvalue weighted by Crippen LogP contribution is 2.09. The molecule has 2 amide bonds. The van der Waals surface area contributed by atoms with Crippen LogP contribution >= 0.6 is 0 Å². The molecule has 7 heteroatoms. The van der Waals surface area contributed by atoms with Gasteiger partial charge in [0.2, 0.25) is 5.91 Å². The number of piperazine rings is 1. The van der Waals surface area contributed by atoms with Gasteiger partial charge in [-0.2, -0.15) is 0 Å². The van der Waals surface area contributed by atoms with Crippen molar-refractivity contribution in [3.63, 3.8) is 0 Å². The number of hydrogen-bond acceptors (Lipinski definition) is 3. The Kier molecular flexibility index (Phi) is 7.00. The van der Waals surface area contributed by atoms with Crippen LogP contribution in [-0.2, 0) is 11.3 Å². The number of hydrogen-bond donors (Lipinski definition) is 3. The van der Waals surface area contributed by atoms with E-state index in [0.717, 1.165) is 11.5 Å². The monoisotopic (exact) mass is 359 g/mol. The van der Waals surface area contributed by atoms with Gasteiger partial charge in [0.25, 0.3) is 5.91 Å². The van der Waals surface area contributed by atoms with E-state index < -0.39 is 0 Å². The summed E-state index contributed by atoms with van der Waals surface area (Å²) >= 11 is 0. The number of rotatable bonds is 5. The zero-order valence-corrected chi connectivity index (χ0v) is 16.0. The minimum atomic E-state index is -0.111. The Morgan fingerprint density at radius 3 is 2.54 bits per heavy atom. The van der Waals surface area contributed by atoms with E-state index in [9.17, 15) is 9.59 Å². The zero-order valence-electron chi connectivity index (χ0n) is 16.0. The Morgan fingerprint density at radius 1 is 1.27 bits per heavy atom. The lowest BCUT2D eigenvalue weighted by atomic mass is 10.1. The van der Waals surface area contributed by atoms with Gasteiger partial charge in [0.15, 0.2) is 5.96 Å². The van der Waals surface area contributed by atoms with Gasteiger partial charge in [0.05, 0.1) is 6.54 Å². The molecule has 3 N–H and O–H groups in total. The van der Waals surface area contributed by atoms with Gasteiger partial charge in [-0.25, -0.2) is 0 Å². The van der Waals surface area contributed by atoms with Crippen molar-refractivity contribution in [3.8, 4) is 0 Å². The van der Waals surface area contributed by atoms with E-state index in [1.807, 2.05) is 12.1 Å². The predicted octanol–water partition coefficient (Wildman–Crippen LogP) is 0.968. The number of guanidine groups is 1. The third-order valence-electron chi connectivity index (χ3n) is 4.57. The Morgan fingerprint density at radius 2 is 1.96 bits per heavy atom. The van der Waals surface area contributed by atoms with Crippen LogP contribution in [0.4, 0.5) is 0 Å². The Bertz CT molecular complexity index is 654. The van der Waals surface area contributed by atoms with E-state index >= 15 is 0 Å². The van der Waals surface area contributed by atoms with Gasteiger partial charge in [-0.1, -0.05) is 26.0 Å². The molecule has 1 atom stereocenters. The van der Waals surface area contributed by atoms with Crippen molar-refractivity contribution in [1.82, 2.24) is 20.9 Å². The van der Waals surface area contributed by atoms with Gasteiger partial charge in [-0.15, -0.1) is 0 Å². The Labute approximate surface area is 155 Å². The number of amides is 2. The molecule has 0 radical (unpaired) electrons. The number of carbonyl (C=O) groups excluding carboxylic acids is 2. The first kappa shape index (κ1) is 19.8. The second-order valence-corrected chi connectivity index (χ2v) is 6.88. The minimum Gasteiger partial charge on any atom is -0.354 e. The molecule has 142 valence electrons. The fourth-order valence-corrected chi connectivity index (χ4v) is 2.52. The molecule has 1 aliphatic heterocycles. The van der Waals surface area contributed by atoms with Crippen molar-refractivity contribution in [1.29, 1.82) is 0 Å². The molecule has 0 spiro atoms. The van der Waals surface area contributed by atoms with Crippen LogP contribution in [0.2, 0.25) is 0 Å². The first-order chi connectivity index (χ1) is 12.4. The molecule has 0 aliphatic carbocycles. The number of nitrogens with zero attached hydrogens (tertiary/aromatic N) is 2.